The van der Waals surface area contributed by atoms with Gasteiger partial charge in [0.15, 0.2) is 0 Å². The van der Waals surface area contributed by atoms with Gasteiger partial charge in [-0.25, -0.2) is 15.0 Å². The molecule has 1 aliphatic carbocycles. The van der Waals surface area contributed by atoms with Crippen LogP contribution in [0.5, 0.6) is 0 Å². The highest BCUT2D eigenvalue weighted by Crippen LogP contribution is 2.41. The van der Waals surface area contributed by atoms with E-state index in [1.807, 2.05) is 13.8 Å². The number of rotatable bonds is 6. The third-order valence-corrected chi connectivity index (χ3v) is 7.39. The summed E-state index contributed by atoms with van der Waals surface area (Å²) in [6.07, 6.45) is 2.94. The van der Waals surface area contributed by atoms with Crippen molar-refractivity contribution in [3.05, 3.63) is 31.3 Å². The van der Waals surface area contributed by atoms with Gasteiger partial charge < -0.3 is 9.47 Å². The molecular formula is C22H32N4O5S. The maximum absolute atomic E-state index is 13.4. The zero-order valence-electron chi connectivity index (χ0n) is 19.4. The van der Waals surface area contributed by atoms with Crippen LogP contribution in [0.1, 0.15) is 63.8 Å². The number of hydrogen-bond acceptors (Lipinski definition) is 7. The highest BCUT2D eigenvalue weighted by Gasteiger charge is 2.43. The molecule has 0 bridgehead atoms. The molecule has 2 N–H and O–H groups in total. The summed E-state index contributed by atoms with van der Waals surface area (Å²) in [4.78, 5) is 40.3. The fourth-order valence-corrected chi connectivity index (χ4v) is 5.33. The van der Waals surface area contributed by atoms with Gasteiger partial charge in [0.25, 0.3) is 5.56 Å². The number of nitrogens with one attached hydrogen (secondary N) is 2. The maximum Gasteiger partial charge on any atom is 0.422 e. The average Bonchev–Trinajstić information content (AvgIpc) is 3.09. The second-order valence-corrected chi connectivity index (χ2v) is 11.1. The van der Waals surface area contributed by atoms with Crippen LogP contribution in [0, 0.1) is 6.92 Å². The summed E-state index contributed by atoms with van der Waals surface area (Å²) in [5.74, 6) is 0. The molecule has 2 aromatic heterocycles. The second-order valence-electron chi connectivity index (χ2n) is 9.98. The number of aromatic nitrogens is 2. The normalized spacial score (nSPS) is 20.0. The standard InChI is InChI=1S/C22H32N4O5S/c1-13-15(11-23-24-19(28)31-21(2,3)4)32-18-16(13)17(27)26(22(5)8-9-22)20(29)25(18)12-14-7-6-10-30-14/h14,23H,6-12H2,1-5H3,(H,24,28)/t14-/m0/s1. The van der Waals surface area contributed by atoms with E-state index in [0.29, 0.717) is 29.9 Å². The first-order chi connectivity index (χ1) is 15.0. The summed E-state index contributed by atoms with van der Waals surface area (Å²) in [7, 11) is 0. The number of carbonyl (C=O) groups excluding carboxylic acids is 1. The van der Waals surface area contributed by atoms with Crippen molar-refractivity contribution in [2.75, 3.05) is 6.61 Å². The van der Waals surface area contributed by atoms with Gasteiger partial charge in [-0.05, 0) is 65.9 Å². The Balaban J connectivity index is 1.68. The molecule has 2 aliphatic rings. The van der Waals surface area contributed by atoms with E-state index in [1.165, 1.54) is 15.9 Å². The third kappa shape index (κ3) is 4.49. The minimum atomic E-state index is -0.596. The Labute approximate surface area is 190 Å². The van der Waals surface area contributed by atoms with Crippen molar-refractivity contribution in [2.24, 2.45) is 0 Å². The largest absolute Gasteiger partial charge is 0.443 e. The fourth-order valence-electron chi connectivity index (χ4n) is 4.09. The Kier molecular flexibility index (Phi) is 5.98. The Bertz CT molecular complexity index is 1150. The molecule has 0 radical (unpaired) electrons. The number of carbonyl (C=O) groups is 1. The molecule has 2 fully saturated rings. The molecule has 1 saturated carbocycles. The number of fused-ring (bicyclic) bond motifs is 1. The maximum atomic E-state index is 13.4. The molecule has 1 aliphatic heterocycles. The first-order valence-corrected chi connectivity index (χ1v) is 11.9. The van der Waals surface area contributed by atoms with Crippen LogP contribution in [0.4, 0.5) is 4.79 Å². The smallest absolute Gasteiger partial charge is 0.422 e. The fraction of sp³-hybridized carbons (Fsp3) is 0.682. The molecule has 1 atom stereocenters. The van der Waals surface area contributed by atoms with Gasteiger partial charge in [0.1, 0.15) is 10.4 Å². The van der Waals surface area contributed by atoms with Crippen molar-refractivity contribution in [1.29, 1.82) is 0 Å². The topological polar surface area (TPSA) is 104 Å². The van der Waals surface area contributed by atoms with Crippen LogP contribution < -0.4 is 22.1 Å². The van der Waals surface area contributed by atoms with Gasteiger partial charge in [-0.1, -0.05) is 0 Å². The molecule has 1 amide bonds. The van der Waals surface area contributed by atoms with E-state index in [0.717, 1.165) is 36.1 Å². The quantitative estimate of drug-likeness (QED) is 0.637. The summed E-state index contributed by atoms with van der Waals surface area (Å²) in [6, 6.07) is 0. The number of aryl methyl sites for hydroxylation is 1. The van der Waals surface area contributed by atoms with E-state index in [2.05, 4.69) is 10.9 Å². The van der Waals surface area contributed by atoms with Crippen LogP contribution in [0.3, 0.4) is 0 Å². The molecule has 176 valence electrons. The van der Waals surface area contributed by atoms with E-state index in [-0.39, 0.29) is 17.4 Å². The summed E-state index contributed by atoms with van der Waals surface area (Å²) in [6.45, 7) is 10.7. The monoisotopic (exact) mass is 464 g/mol. The first kappa shape index (κ1) is 23.0. The molecule has 0 spiro atoms. The molecule has 4 rings (SSSR count). The zero-order valence-corrected chi connectivity index (χ0v) is 20.2. The van der Waals surface area contributed by atoms with Crippen LogP contribution in [0.15, 0.2) is 9.59 Å². The molecule has 1 saturated heterocycles. The molecular weight excluding hydrogens is 432 g/mol. The van der Waals surface area contributed by atoms with Crippen LogP contribution in [-0.4, -0.2) is 33.5 Å². The number of hydrazine groups is 1. The van der Waals surface area contributed by atoms with Crippen molar-refractivity contribution in [2.45, 2.75) is 90.6 Å². The Morgan fingerprint density at radius 1 is 1.31 bits per heavy atom. The summed E-state index contributed by atoms with van der Waals surface area (Å²) in [5, 5.41) is 0.579. The van der Waals surface area contributed by atoms with Gasteiger partial charge in [-0.3, -0.25) is 19.4 Å². The van der Waals surface area contributed by atoms with Crippen LogP contribution >= 0.6 is 11.3 Å². The van der Waals surface area contributed by atoms with Crippen molar-refractivity contribution >= 4 is 27.6 Å². The number of hydrogen-bond donors (Lipinski definition) is 2. The van der Waals surface area contributed by atoms with Crippen molar-refractivity contribution < 1.29 is 14.3 Å². The zero-order chi connectivity index (χ0) is 23.3. The third-order valence-electron chi connectivity index (χ3n) is 6.07. The lowest BCUT2D eigenvalue weighted by Gasteiger charge is -2.19. The Morgan fingerprint density at radius 2 is 2.03 bits per heavy atom. The van der Waals surface area contributed by atoms with Gasteiger partial charge in [-0.2, -0.15) is 0 Å². The number of thiophene rings is 1. The van der Waals surface area contributed by atoms with E-state index >= 15 is 0 Å². The van der Waals surface area contributed by atoms with Crippen molar-refractivity contribution in [1.82, 2.24) is 20.0 Å². The highest BCUT2D eigenvalue weighted by molar-refractivity contribution is 7.18. The summed E-state index contributed by atoms with van der Waals surface area (Å²) >= 11 is 1.41. The van der Waals surface area contributed by atoms with Crippen molar-refractivity contribution in [3.8, 4) is 0 Å². The predicted molar refractivity (Wildman–Crippen MR) is 123 cm³/mol. The van der Waals surface area contributed by atoms with Gasteiger partial charge in [0.05, 0.1) is 23.6 Å². The molecule has 10 heteroatoms. The Morgan fingerprint density at radius 3 is 2.62 bits per heavy atom. The van der Waals surface area contributed by atoms with Gasteiger partial charge in [0.2, 0.25) is 0 Å². The lowest BCUT2D eigenvalue weighted by Crippen LogP contribution is -2.45. The Hall–Kier alpha value is -2.17. The lowest BCUT2D eigenvalue weighted by atomic mass is 10.2. The predicted octanol–water partition coefficient (Wildman–Crippen LogP) is 2.75. The van der Waals surface area contributed by atoms with Gasteiger partial charge in [0, 0.05) is 18.0 Å². The van der Waals surface area contributed by atoms with Crippen LogP contribution in [0.2, 0.25) is 0 Å². The van der Waals surface area contributed by atoms with Gasteiger partial charge >= 0.3 is 11.8 Å². The molecule has 32 heavy (non-hydrogen) atoms. The molecule has 0 aromatic carbocycles. The minimum absolute atomic E-state index is 0.0216. The number of amides is 1. The molecule has 0 unspecified atom stereocenters. The summed E-state index contributed by atoms with van der Waals surface area (Å²) < 4.78 is 14.2. The second kappa shape index (κ2) is 8.31. The first-order valence-electron chi connectivity index (χ1n) is 11.1. The van der Waals surface area contributed by atoms with E-state index < -0.39 is 17.2 Å². The van der Waals surface area contributed by atoms with E-state index in [9.17, 15) is 14.4 Å². The highest BCUT2D eigenvalue weighted by atomic mass is 32.1. The molecule has 9 nitrogen and oxygen atoms in total. The molecule has 2 aromatic rings. The number of ether oxygens (including phenoxy) is 2. The van der Waals surface area contributed by atoms with Gasteiger partial charge in [-0.15, -0.1) is 11.3 Å². The van der Waals surface area contributed by atoms with Crippen LogP contribution in [0.25, 0.3) is 10.2 Å². The van der Waals surface area contributed by atoms with Crippen LogP contribution in [-0.2, 0) is 28.1 Å². The summed E-state index contributed by atoms with van der Waals surface area (Å²) in [5.41, 5.74) is 4.74. The number of nitrogens with zero attached hydrogens (tertiary/aromatic N) is 2. The van der Waals surface area contributed by atoms with E-state index in [1.54, 1.807) is 25.3 Å². The van der Waals surface area contributed by atoms with Crippen molar-refractivity contribution in [3.63, 3.8) is 0 Å². The minimum Gasteiger partial charge on any atom is -0.443 e. The molecule has 3 heterocycles. The SMILES string of the molecule is Cc1c(CNNC(=O)OC(C)(C)C)sc2c1c(=O)n(C1(C)CC1)c(=O)n2C[C@@H]1CCCO1. The lowest BCUT2D eigenvalue weighted by molar-refractivity contribution is 0.0497. The van der Waals surface area contributed by atoms with E-state index in [4.69, 9.17) is 9.47 Å². The average molecular weight is 465 g/mol.